The van der Waals surface area contributed by atoms with Crippen LogP contribution >= 0.6 is 11.3 Å². The Morgan fingerprint density at radius 1 is 1.26 bits per heavy atom. The summed E-state index contributed by atoms with van der Waals surface area (Å²) in [6.45, 7) is 2.48. The average Bonchev–Trinajstić information content (AvgIpc) is 3.25. The van der Waals surface area contributed by atoms with Crippen LogP contribution < -0.4 is 5.32 Å². The molecule has 0 spiro atoms. The fourth-order valence-corrected chi connectivity index (χ4v) is 4.67. The van der Waals surface area contributed by atoms with Crippen molar-refractivity contribution in [2.45, 2.75) is 44.8 Å². The van der Waals surface area contributed by atoms with Gasteiger partial charge in [-0.05, 0) is 50.8 Å². The van der Waals surface area contributed by atoms with E-state index in [-0.39, 0.29) is 18.1 Å². The second-order valence-electron chi connectivity index (χ2n) is 6.84. The molecular weight excluding hydrogens is 362 g/mol. The van der Waals surface area contributed by atoms with Crippen molar-refractivity contribution in [3.05, 3.63) is 47.0 Å². The number of fused-ring (bicyclic) bond motifs is 1. The van der Waals surface area contributed by atoms with Gasteiger partial charge in [0.2, 0.25) is 0 Å². The van der Waals surface area contributed by atoms with Crippen molar-refractivity contribution in [3.8, 4) is 5.69 Å². The second-order valence-corrected chi connectivity index (χ2v) is 7.87. The van der Waals surface area contributed by atoms with Crippen molar-refractivity contribution < 1.29 is 14.3 Å². The van der Waals surface area contributed by atoms with Crippen molar-refractivity contribution in [2.24, 2.45) is 0 Å². The third-order valence-electron chi connectivity index (χ3n) is 5.03. The average molecular weight is 383 g/mol. The number of rotatable bonds is 5. The van der Waals surface area contributed by atoms with Gasteiger partial charge in [0.25, 0.3) is 12.4 Å². The van der Waals surface area contributed by atoms with Gasteiger partial charge in [-0.3, -0.25) is 9.59 Å². The molecule has 0 aliphatic heterocycles. The molecule has 0 radical (unpaired) electrons. The smallest absolute Gasteiger partial charge is 0.293 e. The predicted octanol–water partition coefficient (Wildman–Crippen LogP) is 3.61. The van der Waals surface area contributed by atoms with E-state index in [1.165, 1.54) is 11.3 Å². The van der Waals surface area contributed by atoms with Gasteiger partial charge in [0.15, 0.2) is 0 Å². The highest BCUT2D eigenvalue weighted by molar-refractivity contribution is 7.20. The van der Waals surface area contributed by atoms with Crippen LogP contribution in [-0.2, 0) is 9.53 Å². The highest BCUT2D eigenvalue weighted by atomic mass is 32.1. The van der Waals surface area contributed by atoms with Crippen molar-refractivity contribution in [1.29, 1.82) is 0 Å². The van der Waals surface area contributed by atoms with Crippen LogP contribution in [0.5, 0.6) is 0 Å². The number of amides is 1. The third-order valence-corrected chi connectivity index (χ3v) is 6.14. The lowest BCUT2D eigenvalue weighted by atomic mass is 9.93. The second kappa shape index (κ2) is 7.52. The number of benzene rings is 1. The summed E-state index contributed by atoms with van der Waals surface area (Å²) < 4.78 is 6.91. The maximum Gasteiger partial charge on any atom is 0.293 e. The van der Waals surface area contributed by atoms with E-state index in [9.17, 15) is 9.59 Å². The van der Waals surface area contributed by atoms with E-state index < -0.39 is 0 Å². The summed E-state index contributed by atoms with van der Waals surface area (Å²) in [6, 6.07) is 12.0. The monoisotopic (exact) mass is 383 g/mol. The Kier molecular flexibility index (Phi) is 4.94. The lowest BCUT2D eigenvalue weighted by Crippen LogP contribution is -2.38. The summed E-state index contributed by atoms with van der Waals surface area (Å²) in [5, 5.41) is 8.75. The predicted molar refractivity (Wildman–Crippen MR) is 104 cm³/mol. The summed E-state index contributed by atoms with van der Waals surface area (Å²) in [4.78, 5) is 24.8. The first-order chi connectivity index (χ1) is 13.2. The van der Waals surface area contributed by atoms with Crippen molar-refractivity contribution >= 4 is 33.9 Å². The molecule has 1 N–H and O–H groups in total. The maximum absolute atomic E-state index is 12.7. The number of aromatic nitrogens is 2. The van der Waals surface area contributed by atoms with E-state index in [0.29, 0.717) is 11.3 Å². The summed E-state index contributed by atoms with van der Waals surface area (Å²) in [5.41, 5.74) is 1.90. The summed E-state index contributed by atoms with van der Waals surface area (Å²) in [7, 11) is 0. The Balaban J connectivity index is 1.51. The number of ether oxygens (including phenoxy) is 1. The number of nitrogens with zero attached hydrogens (tertiary/aromatic N) is 2. The molecule has 2 aromatic heterocycles. The molecular formula is C20H21N3O3S. The van der Waals surface area contributed by atoms with Gasteiger partial charge >= 0.3 is 0 Å². The van der Waals surface area contributed by atoms with Crippen LogP contribution in [0.4, 0.5) is 0 Å². The Bertz CT molecular complexity index is 956. The summed E-state index contributed by atoms with van der Waals surface area (Å²) >= 11 is 1.46. The van der Waals surface area contributed by atoms with Gasteiger partial charge < -0.3 is 10.1 Å². The zero-order valence-corrected chi connectivity index (χ0v) is 15.9. The highest BCUT2D eigenvalue weighted by Gasteiger charge is 2.25. The molecule has 1 amide bonds. The maximum atomic E-state index is 12.7. The molecule has 0 saturated heterocycles. The van der Waals surface area contributed by atoms with E-state index in [1.54, 1.807) is 0 Å². The SMILES string of the molecule is Cc1nn(-c2ccccc2)c2sc(C(=O)NC3CCC(OC=O)CC3)cc12. The zero-order chi connectivity index (χ0) is 18.8. The first-order valence-electron chi connectivity index (χ1n) is 9.10. The van der Waals surface area contributed by atoms with Crippen LogP contribution in [0.3, 0.4) is 0 Å². The van der Waals surface area contributed by atoms with E-state index >= 15 is 0 Å². The van der Waals surface area contributed by atoms with Crippen LogP contribution in [0.2, 0.25) is 0 Å². The third kappa shape index (κ3) is 3.60. The number of carbonyl (C=O) groups is 2. The van der Waals surface area contributed by atoms with Crippen LogP contribution in [0.15, 0.2) is 36.4 Å². The van der Waals surface area contributed by atoms with Gasteiger partial charge in [-0.15, -0.1) is 11.3 Å². The first-order valence-corrected chi connectivity index (χ1v) is 9.92. The number of thiophene rings is 1. The van der Waals surface area contributed by atoms with Crippen LogP contribution in [0.25, 0.3) is 15.9 Å². The zero-order valence-electron chi connectivity index (χ0n) is 15.1. The molecule has 1 aromatic carbocycles. The molecule has 1 aliphatic rings. The Labute approximate surface area is 161 Å². The molecule has 1 aliphatic carbocycles. The number of carbonyl (C=O) groups excluding carboxylic acids is 2. The van der Waals surface area contributed by atoms with Gasteiger partial charge in [0.05, 0.1) is 16.3 Å². The Morgan fingerprint density at radius 2 is 2.00 bits per heavy atom. The van der Waals surface area contributed by atoms with Crippen LogP contribution in [0, 0.1) is 6.92 Å². The molecule has 7 heteroatoms. The van der Waals surface area contributed by atoms with Gasteiger partial charge in [-0.2, -0.15) is 5.10 Å². The Morgan fingerprint density at radius 3 is 2.70 bits per heavy atom. The van der Waals surface area contributed by atoms with E-state index in [0.717, 1.165) is 47.3 Å². The number of hydrogen-bond acceptors (Lipinski definition) is 5. The minimum absolute atomic E-state index is 0.0144. The largest absolute Gasteiger partial charge is 0.465 e. The van der Waals surface area contributed by atoms with Crippen LogP contribution in [-0.4, -0.2) is 34.3 Å². The number of aryl methyl sites for hydroxylation is 1. The molecule has 3 aromatic rings. The van der Waals surface area contributed by atoms with Crippen molar-refractivity contribution in [3.63, 3.8) is 0 Å². The number of nitrogens with one attached hydrogen (secondary N) is 1. The topological polar surface area (TPSA) is 73.2 Å². The molecule has 1 saturated carbocycles. The fraction of sp³-hybridized carbons (Fsp3) is 0.350. The molecule has 140 valence electrons. The highest BCUT2D eigenvalue weighted by Crippen LogP contribution is 2.31. The molecule has 6 nitrogen and oxygen atoms in total. The molecule has 0 atom stereocenters. The first kappa shape index (κ1) is 17.7. The van der Waals surface area contributed by atoms with Gasteiger partial charge in [-0.1, -0.05) is 18.2 Å². The standard InChI is InChI=1S/C20H21N3O3S/c1-13-17-11-18(19(25)21-14-7-9-16(10-8-14)26-12-24)27-20(17)23(22-13)15-5-3-2-4-6-15/h2-6,11-12,14,16H,7-10H2,1H3,(H,21,25). The van der Waals surface area contributed by atoms with Crippen LogP contribution in [0.1, 0.15) is 41.0 Å². The molecule has 2 heterocycles. The van der Waals surface area contributed by atoms with E-state index in [4.69, 9.17) is 4.74 Å². The minimum Gasteiger partial charge on any atom is -0.465 e. The number of para-hydroxylation sites is 1. The Hall–Kier alpha value is -2.67. The van der Waals surface area contributed by atoms with E-state index in [1.807, 2.05) is 48.0 Å². The lowest BCUT2D eigenvalue weighted by Gasteiger charge is -2.27. The van der Waals surface area contributed by atoms with Crippen molar-refractivity contribution in [1.82, 2.24) is 15.1 Å². The minimum atomic E-state index is -0.0463. The number of hydrogen-bond donors (Lipinski definition) is 1. The lowest BCUT2D eigenvalue weighted by molar-refractivity contribution is -0.135. The van der Waals surface area contributed by atoms with E-state index in [2.05, 4.69) is 10.4 Å². The summed E-state index contributed by atoms with van der Waals surface area (Å²) in [6.07, 6.45) is 3.22. The van der Waals surface area contributed by atoms with Gasteiger partial charge in [0.1, 0.15) is 10.9 Å². The summed E-state index contributed by atoms with van der Waals surface area (Å²) in [5.74, 6) is -0.0463. The molecule has 1 fully saturated rings. The quantitative estimate of drug-likeness (QED) is 0.683. The normalized spacial score (nSPS) is 19.7. The van der Waals surface area contributed by atoms with Crippen molar-refractivity contribution in [2.75, 3.05) is 0 Å². The molecule has 0 bridgehead atoms. The van der Waals surface area contributed by atoms with Gasteiger partial charge in [-0.25, -0.2) is 4.68 Å². The fourth-order valence-electron chi connectivity index (χ4n) is 3.58. The van der Waals surface area contributed by atoms with Gasteiger partial charge in [0, 0.05) is 11.4 Å². The molecule has 27 heavy (non-hydrogen) atoms. The molecule has 4 rings (SSSR count). The molecule has 0 unspecified atom stereocenters.